The smallest absolute Gasteiger partial charge is 0.325 e. The summed E-state index contributed by atoms with van der Waals surface area (Å²) >= 11 is 0.560. The SMILES string of the molecule is O=C(O)Cc1nc(NC(=O)Nc2ccccc2C(=O)C2CCCC2)sc1S(=O)(=O)c1nnn[nH]1. The number of ketones is 1. The van der Waals surface area contributed by atoms with Gasteiger partial charge in [0.2, 0.25) is 0 Å². The van der Waals surface area contributed by atoms with Gasteiger partial charge in [0.25, 0.3) is 15.0 Å². The standard InChI is InChI=1S/C19H19N7O6S2/c27-14(28)9-13-16(34(31,32)19-23-25-26-24-19)33-18(21-13)22-17(30)20-12-8-4-3-7-11(12)15(29)10-5-1-2-6-10/h3-4,7-8,10H,1-2,5-6,9H2,(H,27,28)(H2,20,21,22,30)(H,23,24,25,26). The van der Waals surface area contributed by atoms with Crippen LogP contribution in [-0.2, 0) is 21.1 Å². The second-order valence-electron chi connectivity index (χ2n) is 7.50. The van der Waals surface area contributed by atoms with Crippen molar-refractivity contribution in [1.82, 2.24) is 25.6 Å². The minimum absolute atomic E-state index is 0.0413. The van der Waals surface area contributed by atoms with Crippen LogP contribution in [0.4, 0.5) is 15.6 Å². The van der Waals surface area contributed by atoms with Crippen LogP contribution >= 0.6 is 11.3 Å². The number of urea groups is 1. The number of aliphatic carboxylic acids is 1. The average molecular weight is 506 g/mol. The number of anilines is 2. The molecule has 1 aromatic carbocycles. The Morgan fingerprint density at radius 1 is 1.15 bits per heavy atom. The third kappa shape index (κ3) is 4.94. The van der Waals surface area contributed by atoms with Crippen LogP contribution in [0, 0.1) is 5.92 Å². The van der Waals surface area contributed by atoms with E-state index in [0.29, 0.717) is 22.6 Å². The van der Waals surface area contributed by atoms with Crippen LogP contribution in [0.5, 0.6) is 0 Å². The molecular formula is C19H19N7O6S2. The fraction of sp³-hybridized carbons (Fsp3) is 0.316. The lowest BCUT2D eigenvalue weighted by Gasteiger charge is -2.13. The summed E-state index contributed by atoms with van der Waals surface area (Å²) in [7, 11) is -4.29. The maximum atomic E-state index is 12.9. The summed E-state index contributed by atoms with van der Waals surface area (Å²) in [6, 6.07) is 5.84. The van der Waals surface area contributed by atoms with E-state index in [1.54, 1.807) is 24.3 Å². The molecule has 13 nitrogen and oxygen atoms in total. The summed E-state index contributed by atoms with van der Waals surface area (Å²) < 4.78 is 25.1. The lowest BCUT2D eigenvalue weighted by atomic mass is 9.95. The van der Waals surface area contributed by atoms with Crippen molar-refractivity contribution in [3.05, 3.63) is 35.5 Å². The molecule has 2 aromatic heterocycles. The number of Topliss-reactive ketones (excluding diaryl/α,β-unsaturated/α-hetero) is 1. The zero-order chi connectivity index (χ0) is 24.3. The number of sulfone groups is 1. The highest BCUT2D eigenvalue weighted by atomic mass is 32.2. The zero-order valence-corrected chi connectivity index (χ0v) is 19.1. The number of carbonyl (C=O) groups excluding carboxylic acids is 2. The zero-order valence-electron chi connectivity index (χ0n) is 17.5. The summed E-state index contributed by atoms with van der Waals surface area (Å²) in [6.07, 6.45) is 2.90. The van der Waals surface area contributed by atoms with Crippen LogP contribution in [-0.4, -0.2) is 56.9 Å². The highest BCUT2D eigenvalue weighted by Gasteiger charge is 2.31. The summed E-state index contributed by atoms with van der Waals surface area (Å²) in [5, 5.41) is 25.3. The molecule has 15 heteroatoms. The third-order valence-electron chi connectivity index (χ3n) is 5.19. The van der Waals surface area contributed by atoms with E-state index >= 15 is 0 Å². The molecule has 0 bridgehead atoms. The predicted octanol–water partition coefficient (Wildman–Crippen LogP) is 2.13. The van der Waals surface area contributed by atoms with Crippen LogP contribution in [0.2, 0.25) is 0 Å². The number of aromatic nitrogens is 5. The molecule has 2 amide bonds. The first-order valence-electron chi connectivity index (χ1n) is 10.2. The molecular weight excluding hydrogens is 486 g/mol. The minimum atomic E-state index is -4.29. The molecule has 1 saturated carbocycles. The molecule has 0 atom stereocenters. The maximum absolute atomic E-state index is 12.9. The first kappa shape index (κ1) is 23.4. The van der Waals surface area contributed by atoms with Crippen molar-refractivity contribution in [2.75, 3.05) is 10.6 Å². The summed E-state index contributed by atoms with van der Waals surface area (Å²) in [6.45, 7) is 0. The third-order valence-corrected chi connectivity index (χ3v) is 8.31. The van der Waals surface area contributed by atoms with E-state index in [9.17, 15) is 22.8 Å². The molecule has 3 aromatic rings. The molecule has 178 valence electrons. The molecule has 4 rings (SSSR count). The lowest BCUT2D eigenvalue weighted by Crippen LogP contribution is -2.22. The Morgan fingerprint density at radius 2 is 1.88 bits per heavy atom. The van der Waals surface area contributed by atoms with E-state index in [4.69, 9.17) is 5.11 Å². The number of carboxylic acid groups (broad SMARTS) is 1. The number of nitrogens with one attached hydrogen (secondary N) is 3. The first-order chi connectivity index (χ1) is 16.3. The molecule has 0 unspecified atom stereocenters. The van der Waals surface area contributed by atoms with Crippen molar-refractivity contribution in [1.29, 1.82) is 0 Å². The van der Waals surface area contributed by atoms with E-state index < -0.39 is 37.6 Å². The molecule has 1 aliphatic carbocycles. The Hall–Kier alpha value is -3.72. The van der Waals surface area contributed by atoms with Crippen LogP contribution in [0.15, 0.2) is 33.6 Å². The number of thiazole rings is 1. The summed E-state index contributed by atoms with van der Waals surface area (Å²) in [5.74, 6) is -1.44. The second kappa shape index (κ2) is 9.64. The van der Waals surface area contributed by atoms with E-state index in [0.717, 1.165) is 25.7 Å². The van der Waals surface area contributed by atoms with Gasteiger partial charge in [0.15, 0.2) is 15.1 Å². The van der Waals surface area contributed by atoms with Crippen LogP contribution in [0.25, 0.3) is 0 Å². The molecule has 1 fully saturated rings. The van der Waals surface area contributed by atoms with Gasteiger partial charge in [0, 0.05) is 11.5 Å². The van der Waals surface area contributed by atoms with Crippen LogP contribution < -0.4 is 10.6 Å². The van der Waals surface area contributed by atoms with Crippen molar-refractivity contribution in [3.63, 3.8) is 0 Å². The van der Waals surface area contributed by atoms with Gasteiger partial charge in [-0.1, -0.05) is 41.4 Å². The average Bonchev–Trinajstić information content (AvgIpc) is 3.55. The fourth-order valence-corrected chi connectivity index (χ4v) is 6.21. The van der Waals surface area contributed by atoms with E-state index in [2.05, 4.69) is 36.2 Å². The number of nitrogens with zero attached hydrogens (tertiary/aromatic N) is 4. The van der Waals surface area contributed by atoms with Gasteiger partial charge in [-0.15, -0.1) is 0 Å². The molecule has 4 N–H and O–H groups in total. The molecule has 34 heavy (non-hydrogen) atoms. The number of hydrogen-bond acceptors (Lipinski definition) is 10. The second-order valence-corrected chi connectivity index (χ2v) is 10.6. The number of amides is 2. The number of H-pyrrole nitrogens is 1. The first-order valence-corrected chi connectivity index (χ1v) is 12.5. The Balaban J connectivity index is 1.56. The number of rotatable bonds is 8. The maximum Gasteiger partial charge on any atom is 0.325 e. The molecule has 0 spiro atoms. The van der Waals surface area contributed by atoms with Gasteiger partial charge in [0.1, 0.15) is 0 Å². The number of carbonyl (C=O) groups is 3. The van der Waals surface area contributed by atoms with Crippen molar-refractivity contribution >= 4 is 49.8 Å². The normalized spacial score (nSPS) is 14.1. The highest BCUT2D eigenvalue weighted by molar-refractivity contribution is 7.93. The van der Waals surface area contributed by atoms with E-state index in [1.807, 2.05) is 0 Å². The topological polar surface area (TPSA) is 197 Å². The van der Waals surface area contributed by atoms with Gasteiger partial charge in [-0.2, -0.15) is 0 Å². The minimum Gasteiger partial charge on any atom is -0.481 e. The number of hydrogen-bond donors (Lipinski definition) is 4. The van der Waals surface area contributed by atoms with E-state index in [1.165, 1.54) is 0 Å². The summed E-state index contributed by atoms with van der Waals surface area (Å²) in [4.78, 5) is 40.7. The Kier molecular flexibility index (Phi) is 6.65. The predicted molar refractivity (Wildman–Crippen MR) is 118 cm³/mol. The number of tetrazole rings is 1. The molecule has 2 heterocycles. The number of benzene rings is 1. The number of para-hydroxylation sites is 1. The molecule has 0 saturated heterocycles. The van der Waals surface area contributed by atoms with Gasteiger partial charge in [-0.25, -0.2) is 23.3 Å². The fourth-order valence-electron chi connectivity index (χ4n) is 3.67. The van der Waals surface area contributed by atoms with Gasteiger partial charge < -0.3 is 10.4 Å². The van der Waals surface area contributed by atoms with Crippen molar-refractivity contribution in [3.8, 4) is 0 Å². The number of carboxylic acids is 1. The molecule has 1 aliphatic rings. The van der Waals surface area contributed by atoms with Crippen LogP contribution in [0.3, 0.4) is 0 Å². The van der Waals surface area contributed by atoms with Crippen molar-refractivity contribution in [2.24, 2.45) is 5.92 Å². The quantitative estimate of drug-likeness (QED) is 0.329. The Bertz CT molecular complexity index is 1330. The van der Waals surface area contributed by atoms with Gasteiger partial charge >= 0.3 is 12.0 Å². The largest absolute Gasteiger partial charge is 0.481 e. The van der Waals surface area contributed by atoms with Crippen molar-refractivity contribution < 1.29 is 27.9 Å². The highest BCUT2D eigenvalue weighted by Crippen LogP contribution is 2.32. The number of aromatic amines is 1. The Labute approximate surface area is 196 Å². The molecule has 0 radical (unpaired) electrons. The Morgan fingerprint density at radius 3 is 2.56 bits per heavy atom. The van der Waals surface area contributed by atoms with Gasteiger partial charge in [-0.3, -0.25) is 14.9 Å². The van der Waals surface area contributed by atoms with Crippen molar-refractivity contribution in [2.45, 2.75) is 41.5 Å². The monoisotopic (exact) mass is 505 g/mol. The van der Waals surface area contributed by atoms with Crippen LogP contribution in [0.1, 0.15) is 41.7 Å². The lowest BCUT2D eigenvalue weighted by molar-refractivity contribution is -0.136. The summed E-state index contributed by atoms with van der Waals surface area (Å²) in [5.41, 5.74) is 0.414. The molecule has 0 aliphatic heterocycles. The van der Waals surface area contributed by atoms with Gasteiger partial charge in [-0.05, 0) is 35.4 Å². The van der Waals surface area contributed by atoms with E-state index in [-0.39, 0.29) is 22.5 Å². The van der Waals surface area contributed by atoms with Gasteiger partial charge in [0.05, 0.1) is 17.8 Å².